The fraction of sp³-hybridized carbons (Fsp3) is 0.588. The predicted octanol–water partition coefficient (Wildman–Crippen LogP) is 0.654. The summed E-state index contributed by atoms with van der Waals surface area (Å²) in [4.78, 5) is 6.82. The molecule has 1 saturated heterocycles. The number of ether oxygens (including phenoxy) is 1. The highest BCUT2D eigenvalue weighted by Crippen LogP contribution is 2.21. The van der Waals surface area contributed by atoms with Crippen LogP contribution in [0.25, 0.3) is 11.0 Å². The molecule has 2 aromatic rings. The number of fused-ring (bicyclic) bond motifs is 1. The highest BCUT2D eigenvalue weighted by Gasteiger charge is 2.16. The number of nitrogens with one attached hydrogen (secondary N) is 1. The Morgan fingerprint density at radius 2 is 2.12 bits per heavy atom. The van der Waals surface area contributed by atoms with E-state index in [9.17, 15) is 10.2 Å². The zero-order valence-electron chi connectivity index (χ0n) is 14.1. The molecule has 1 aromatic carbocycles. The average molecular weight is 334 g/mol. The first kappa shape index (κ1) is 17.2. The van der Waals surface area contributed by atoms with Crippen LogP contribution in [0.1, 0.15) is 12.5 Å². The summed E-state index contributed by atoms with van der Waals surface area (Å²) in [5, 5.41) is 22.8. The van der Waals surface area contributed by atoms with Gasteiger partial charge in [0.05, 0.1) is 37.0 Å². The van der Waals surface area contributed by atoms with Crippen LogP contribution in [-0.4, -0.2) is 70.2 Å². The normalized spacial score (nSPS) is 17.3. The Hall–Kier alpha value is -1.67. The van der Waals surface area contributed by atoms with Crippen LogP contribution in [0.2, 0.25) is 0 Å². The third-order valence-corrected chi connectivity index (χ3v) is 4.38. The lowest BCUT2D eigenvalue weighted by Crippen LogP contribution is -2.42. The van der Waals surface area contributed by atoms with Gasteiger partial charge in [-0.3, -0.25) is 4.90 Å². The van der Waals surface area contributed by atoms with Crippen molar-refractivity contribution in [1.82, 2.24) is 14.5 Å². The minimum Gasteiger partial charge on any atom is -0.392 e. The minimum absolute atomic E-state index is 0.0197. The van der Waals surface area contributed by atoms with Crippen molar-refractivity contribution in [3.63, 3.8) is 0 Å². The first-order chi connectivity index (χ1) is 11.7. The number of anilines is 1. The van der Waals surface area contributed by atoms with Crippen molar-refractivity contribution in [2.75, 3.05) is 44.7 Å². The van der Waals surface area contributed by atoms with Crippen molar-refractivity contribution < 1.29 is 14.9 Å². The SMILES string of the molecule is CCn1c(NCC(O)CN2CCOCC2)nc2ccc(CO)cc21. The van der Waals surface area contributed by atoms with Gasteiger partial charge < -0.3 is 24.8 Å². The van der Waals surface area contributed by atoms with Gasteiger partial charge in [-0.2, -0.15) is 0 Å². The average Bonchev–Trinajstić information content (AvgIpc) is 2.97. The molecule has 1 atom stereocenters. The Balaban J connectivity index is 1.65. The second-order valence-corrected chi connectivity index (χ2v) is 6.11. The lowest BCUT2D eigenvalue weighted by Gasteiger charge is -2.28. The van der Waals surface area contributed by atoms with Crippen molar-refractivity contribution >= 4 is 17.0 Å². The largest absolute Gasteiger partial charge is 0.392 e. The Morgan fingerprint density at radius 1 is 1.33 bits per heavy atom. The Kier molecular flexibility index (Phi) is 5.68. The number of aliphatic hydroxyl groups is 2. The summed E-state index contributed by atoms with van der Waals surface area (Å²) in [5.74, 6) is 0.753. The maximum atomic E-state index is 10.3. The quantitative estimate of drug-likeness (QED) is 0.690. The minimum atomic E-state index is -0.457. The Morgan fingerprint density at radius 3 is 2.83 bits per heavy atom. The van der Waals surface area contributed by atoms with Gasteiger partial charge in [-0.25, -0.2) is 4.98 Å². The van der Waals surface area contributed by atoms with E-state index in [1.165, 1.54) is 0 Å². The topological polar surface area (TPSA) is 82.8 Å². The third kappa shape index (κ3) is 3.87. The molecule has 0 saturated carbocycles. The number of aromatic nitrogens is 2. The monoisotopic (exact) mass is 334 g/mol. The predicted molar refractivity (Wildman–Crippen MR) is 93.1 cm³/mol. The van der Waals surface area contributed by atoms with E-state index in [1.807, 2.05) is 18.2 Å². The van der Waals surface area contributed by atoms with Crippen LogP contribution in [0.4, 0.5) is 5.95 Å². The fourth-order valence-corrected chi connectivity index (χ4v) is 3.08. The summed E-state index contributed by atoms with van der Waals surface area (Å²) in [6.07, 6.45) is -0.457. The van der Waals surface area contributed by atoms with E-state index in [0.717, 1.165) is 55.4 Å². The first-order valence-electron chi connectivity index (χ1n) is 8.53. The van der Waals surface area contributed by atoms with Crippen molar-refractivity contribution in [1.29, 1.82) is 0 Å². The van der Waals surface area contributed by atoms with E-state index in [-0.39, 0.29) is 6.61 Å². The van der Waals surface area contributed by atoms with Crippen LogP contribution >= 0.6 is 0 Å². The molecule has 3 rings (SSSR count). The Bertz CT molecular complexity index is 667. The van der Waals surface area contributed by atoms with E-state index in [0.29, 0.717) is 13.1 Å². The number of hydrogen-bond acceptors (Lipinski definition) is 6. The molecule has 0 bridgehead atoms. The second-order valence-electron chi connectivity index (χ2n) is 6.11. The number of imidazole rings is 1. The maximum absolute atomic E-state index is 10.3. The van der Waals surface area contributed by atoms with Crippen LogP contribution in [0.15, 0.2) is 18.2 Å². The smallest absolute Gasteiger partial charge is 0.203 e. The zero-order chi connectivity index (χ0) is 16.9. The highest BCUT2D eigenvalue weighted by atomic mass is 16.5. The number of morpholine rings is 1. The summed E-state index contributed by atoms with van der Waals surface area (Å²) in [6.45, 7) is 7.15. The van der Waals surface area contributed by atoms with Crippen molar-refractivity contribution in [3.8, 4) is 0 Å². The molecule has 7 nitrogen and oxygen atoms in total. The van der Waals surface area contributed by atoms with E-state index in [1.54, 1.807) is 0 Å². The molecule has 1 unspecified atom stereocenters. The standard InChI is InChI=1S/C17H26N4O3/c1-2-21-16-9-13(12-22)3-4-15(16)19-17(21)18-10-14(23)11-20-5-7-24-8-6-20/h3-4,9,14,22-23H,2,5-8,10-12H2,1H3,(H,18,19). The molecule has 0 radical (unpaired) electrons. The van der Waals surface area contributed by atoms with E-state index >= 15 is 0 Å². The third-order valence-electron chi connectivity index (χ3n) is 4.38. The zero-order valence-corrected chi connectivity index (χ0v) is 14.1. The summed E-state index contributed by atoms with van der Waals surface area (Å²) in [6, 6.07) is 5.76. The molecule has 7 heteroatoms. The van der Waals surface area contributed by atoms with Crippen molar-refractivity contribution in [2.24, 2.45) is 0 Å². The van der Waals surface area contributed by atoms with Gasteiger partial charge in [0.25, 0.3) is 0 Å². The van der Waals surface area contributed by atoms with Gasteiger partial charge in [0, 0.05) is 32.7 Å². The van der Waals surface area contributed by atoms with Crippen molar-refractivity contribution in [3.05, 3.63) is 23.8 Å². The molecule has 2 heterocycles. The molecule has 0 aliphatic carbocycles. The summed E-state index contributed by atoms with van der Waals surface area (Å²) < 4.78 is 7.39. The molecule has 0 spiro atoms. The lowest BCUT2D eigenvalue weighted by atomic mass is 10.2. The molecular weight excluding hydrogens is 308 g/mol. The van der Waals surface area contributed by atoms with Crippen LogP contribution in [0, 0.1) is 0 Å². The number of nitrogens with zero attached hydrogens (tertiary/aromatic N) is 3. The summed E-state index contributed by atoms with van der Waals surface area (Å²) in [7, 11) is 0. The molecule has 132 valence electrons. The van der Waals surface area contributed by atoms with E-state index in [2.05, 4.69) is 26.7 Å². The molecular formula is C17H26N4O3. The maximum Gasteiger partial charge on any atom is 0.203 e. The molecule has 1 aliphatic heterocycles. The van der Waals surface area contributed by atoms with Crippen LogP contribution < -0.4 is 5.32 Å². The van der Waals surface area contributed by atoms with Gasteiger partial charge in [0.15, 0.2) is 0 Å². The van der Waals surface area contributed by atoms with Gasteiger partial charge in [0.1, 0.15) is 0 Å². The van der Waals surface area contributed by atoms with Crippen molar-refractivity contribution in [2.45, 2.75) is 26.2 Å². The molecule has 24 heavy (non-hydrogen) atoms. The lowest BCUT2D eigenvalue weighted by molar-refractivity contribution is 0.0171. The van der Waals surface area contributed by atoms with Gasteiger partial charge in [0.2, 0.25) is 5.95 Å². The van der Waals surface area contributed by atoms with Crippen LogP contribution in [0.3, 0.4) is 0 Å². The van der Waals surface area contributed by atoms with Gasteiger partial charge in [-0.15, -0.1) is 0 Å². The molecule has 3 N–H and O–H groups in total. The molecule has 0 amide bonds. The van der Waals surface area contributed by atoms with Gasteiger partial charge in [-0.05, 0) is 24.6 Å². The van der Waals surface area contributed by atoms with Gasteiger partial charge in [-0.1, -0.05) is 6.07 Å². The molecule has 1 aliphatic rings. The summed E-state index contributed by atoms with van der Waals surface area (Å²) in [5.41, 5.74) is 2.75. The van der Waals surface area contributed by atoms with Crippen LogP contribution in [-0.2, 0) is 17.9 Å². The number of aliphatic hydroxyl groups excluding tert-OH is 2. The fourth-order valence-electron chi connectivity index (χ4n) is 3.08. The van der Waals surface area contributed by atoms with Gasteiger partial charge >= 0.3 is 0 Å². The van der Waals surface area contributed by atoms with E-state index < -0.39 is 6.10 Å². The Labute approximate surface area is 141 Å². The highest BCUT2D eigenvalue weighted by molar-refractivity contribution is 5.79. The number of aryl methyl sites for hydroxylation is 1. The first-order valence-corrected chi connectivity index (χ1v) is 8.53. The summed E-state index contributed by atoms with van der Waals surface area (Å²) >= 11 is 0. The molecule has 1 fully saturated rings. The molecule has 1 aromatic heterocycles. The second kappa shape index (κ2) is 7.94. The number of benzene rings is 1. The van der Waals surface area contributed by atoms with Crippen LogP contribution in [0.5, 0.6) is 0 Å². The van der Waals surface area contributed by atoms with E-state index in [4.69, 9.17) is 4.74 Å². The number of hydrogen-bond donors (Lipinski definition) is 3. The number of rotatable bonds is 7. The number of β-amino-alcohol motifs (C(OH)–C–C–N with tert-alkyl or cyclic N) is 1.